The zero-order valence-corrected chi connectivity index (χ0v) is 16.5. The van der Waals surface area contributed by atoms with Crippen molar-refractivity contribution in [1.82, 2.24) is 19.6 Å². The van der Waals surface area contributed by atoms with E-state index < -0.39 is 0 Å². The highest BCUT2D eigenvalue weighted by Crippen LogP contribution is 2.26. The van der Waals surface area contributed by atoms with Crippen molar-refractivity contribution in [2.75, 3.05) is 27.2 Å². The molecule has 27 heavy (non-hydrogen) atoms. The maximum absolute atomic E-state index is 12.6. The van der Waals surface area contributed by atoms with Crippen LogP contribution in [0.2, 0.25) is 0 Å². The molecule has 1 aliphatic heterocycles. The van der Waals surface area contributed by atoms with Gasteiger partial charge in [-0.3, -0.25) is 9.20 Å². The number of rotatable bonds is 6. The highest BCUT2D eigenvalue weighted by atomic mass is 32.1. The largest absolute Gasteiger partial charge is 0.497 e. The van der Waals surface area contributed by atoms with E-state index in [-0.39, 0.29) is 5.91 Å². The molecule has 3 heterocycles. The zero-order valence-electron chi connectivity index (χ0n) is 15.6. The van der Waals surface area contributed by atoms with Gasteiger partial charge in [-0.2, -0.15) is 0 Å². The van der Waals surface area contributed by atoms with Crippen LogP contribution in [-0.2, 0) is 0 Å². The minimum Gasteiger partial charge on any atom is -0.497 e. The lowest BCUT2D eigenvalue weighted by atomic mass is 10.1. The van der Waals surface area contributed by atoms with Gasteiger partial charge in [-0.25, -0.2) is 4.98 Å². The summed E-state index contributed by atoms with van der Waals surface area (Å²) >= 11 is 1.48. The molecule has 1 N–H and O–H groups in total. The van der Waals surface area contributed by atoms with Crippen molar-refractivity contribution in [1.29, 1.82) is 0 Å². The number of aromatic nitrogens is 2. The van der Waals surface area contributed by atoms with Gasteiger partial charge in [0.15, 0.2) is 4.96 Å². The number of thiazole rings is 1. The number of likely N-dealkylation sites (tertiary alicyclic amines) is 1. The smallest absolute Gasteiger partial charge is 0.269 e. The van der Waals surface area contributed by atoms with E-state index in [4.69, 9.17) is 4.74 Å². The molecule has 6 nitrogen and oxygen atoms in total. The minimum atomic E-state index is -0.0449. The number of hydrogen-bond acceptors (Lipinski definition) is 5. The Kier molecular flexibility index (Phi) is 5.13. The number of benzene rings is 1. The standard InChI is InChI=1S/C20H24N4O2S/c1-23-10-4-6-15(23)8-9-21-19(25)18-13-27-20-22-17(12-24(18)20)14-5-3-7-16(11-14)26-2/h3,5,7,11-13,15H,4,6,8-10H2,1-2H3,(H,21,25)/t15-/m0/s1. The van der Waals surface area contributed by atoms with Crippen molar-refractivity contribution in [3.05, 3.63) is 41.5 Å². The SMILES string of the molecule is COc1cccc(-c2cn3c(C(=O)NCC[C@@H]4CCCN4C)csc3n2)c1. The summed E-state index contributed by atoms with van der Waals surface area (Å²) in [5.41, 5.74) is 2.44. The summed E-state index contributed by atoms with van der Waals surface area (Å²) in [5, 5.41) is 4.93. The number of carbonyl (C=O) groups excluding carboxylic acids is 1. The van der Waals surface area contributed by atoms with Gasteiger partial charge in [0.1, 0.15) is 11.4 Å². The van der Waals surface area contributed by atoms with Gasteiger partial charge in [0, 0.05) is 29.7 Å². The lowest BCUT2D eigenvalue weighted by molar-refractivity contribution is 0.0944. The molecule has 0 saturated carbocycles. The predicted molar refractivity (Wildman–Crippen MR) is 108 cm³/mol. The van der Waals surface area contributed by atoms with E-state index in [1.54, 1.807) is 7.11 Å². The lowest BCUT2D eigenvalue weighted by Crippen LogP contribution is -2.32. The van der Waals surface area contributed by atoms with Gasteiger partial charge >= 0.3 is 0 Å². The molecular weight excluding hydrogens is 360 g/mol. The summed E-state index contributed by atoms with van der Waals surface area (Å²) in [5.74, 6) is 0.746. The quantitative estimate of drug-likeness (QED) is 0.709. The van der Waals surface area contributed by atoms with Crippen LogP contribution in [0.3, 0.4) is 0 Å². The monoisotopic (exact) mass is 384 g/mol. The molecule has 1 fully saturated rings. The topological polar surface area (TPSA) is 58.9 Å². The Morgan fingerprint density at radius 3 is 3.11 bits per heavy atom. The first-order chi connectivity index (χ1) is 13.2. The first-order valence-corrected chi connectivity index (χ1v) is 10.1. The van der Waals surface area contributed by atoms with E-state index in [1.807, 2.05) is 40.2 Å². The Bertz CT molecular complexity index is 949. The van der Waals surface area contributed by atoms with Gasteiger partial charge in [-0.15, -0.1) is 11.3 Å². The fourth-order valence-electron chi connectivity index (χ4n) is 3.66. The molecule has 4 rings (SSSR count). The van der Waals surface area contributed by atoms with E-state index >= 15 is 0 Å². The fraction of sp³-hybridized carbons (Fsp3) is 0.400. The lowest BCUT2D eigenvalue weighted by Gasteiger charge is -2.19. The Morgan fingerprint density at radius 1 is 1.44 bits per heavy atom. The van der Waals surface area contributed by atoms with Crippen molar-refractivity contribution in [3.8, 4) is 17.0 Å². The highest BCUT2D eigenvalue weighted by molar-refractivity contribution is 7.15. The van der Waals surface area contributed by atoms with Crippen LogP contribution in [-0.4, -0.2) is 53.5 Å². The summed E-state index contributed by atoms with van der Waals surface area (Å²) in [7, 11) is 3.81. The molecule has 1 aliphatic rings. The van der Waals surface area contributed by atoms with Gasteiger partial charge in [0.2, 0.25) is 0 Å². The Balaban J connectivity index is 1.47. The van der Waals surface area contributed by atoms with Crippen LogP contribution in [0, 0.1) is 0 Å². The van der Waals surface area contributed by atoms with Crippen LogP contribution in [0.15, 0.2) is 35.8 Å². The van der Waals surface area contributed by atoms with Crippen molar-refractivity contribution >= 4 is 22.2 Å². The zero-order chi connectivity index (χ0) is 18.8. The molecule has 2 aromatic heterocycles. The number of amides is 1. The maximum atomic E-state index is 12.6. The number of fused-ring (bicyclic) bond motifs is 1. The second kappa shape index (κ2) is 7.70. The number of hydrogen-bond donors (Lipinski definition) is 1. The average Bonchev–Trinajstić information content (AvgIpc) is 3.37. The number of imidazole rings is 1. The molecule has 0 bridgehead atoms. The van der Waals surface area contributed by atoms with Crippen LogP contribution in [0.4, 0.5) is 0 Å². The molecule has 0 spiro atoms. The Hall–Kier alpha value is -2.38. The second-order valence-electron chi connectivity index (χ2n) is 6.95. The third-order valence-electron chi connectivity index (χ3n) is 5.24. The average molecular weight is 385 g/mol. The number of nitrogens with zero attached hydrogens (tertiary/aromatic N) is 3. The molecular formula is C20H24N4O2S. The van der Waals surface area contributed by atoms with E-state index in [0.717, 1.165) is 34.9 Å². The van der Waals surface area contributed by atoms with E-state index in [9.17, 15) is 4.79 Å². The van der Waals surface area contributed by atoms with Crippen molar-refractivity contribution in [3.63, 3.8) is 0 Å². The number of ether oxygens (including phenoxy) is 1. The highest BCUT2D eigenvalue weighted by Gasteiger charge is 2.21. The van der Waals surface area contributed by atoms with Gasteiger partial charge in [-0.05, 0) is 45.0 Å². The predicted octanol–water partition coefficient (Wildman–Crippen LogP) is 3.29. The van der Waals surface area contributed by atoms with Gasteiger partial charge in [-0.1, -0.05) is 12.1 Å². The van der Waals surface area contributed by atoms with Crippen molar-refractivity contribution < 1.29 is 9.53 Å². The molecule has 1 amide bonds. The molecule has 3 aromatic rings. The molecule has 142 valence electrons. The number of methoxy groups -OCH3 is 1. The van der Waals surface area contributed by atoms with Gasteiger partial charge in [0.25, 0.3) is 5.91 Å². The van der Waals surface area contributed by atoms with E-state index in [1.165, 1.54) is 24.2 Å². The van der Waals surface area contributed by atoms with Gasteiger partial charge < -0.3 is 15.0 Å². The van der Waals surface area contributed by atoms with Crippen molar-refractivity contribution in [2.45, 2.75) is 25.3 Å². The van der Waals surface area contributed by atoms with Crippen LogP contribution in [0.25, 0.3) is 16.2 Å². The van der Waals surface area contributed by atoms with E-state index in [2.05, 4.69) is 22.2 Å². The summed E-state index contributed by atoms with van der Waals surface area (Å²) in [6.07, 6.45) is 5.39. The molecule has 7 heteroatoms. The summed E-state index contributed by atoms with van der Waals surface area (Å²) in [6, 6.07) is 8.37. The summed E-state index contributed by atoms with van der Waals surface area (Å²) in [6.45, 7) is 1.86. The number of nitrogens with one attached hydrogen (secondary N) is 1. The summed E-state index contributed by atoms with van der Waals surface area (Å²) in [4.78, 5) is 20.5. The minimum absolute atomic E-state index is 0.0449. The van der Waals surface area contributed by atoms with Crippen LogP contribution < -0.4 is 10.1 Å². The third-order valence-corrected chi connectivity index (χ3v) is 6.08. The molecule has 1 aromatic carbocycles. The third kappa shape index (κ3) is 3.70. The molecule has 0 radical (unpaired) electrons. The van der Waals surface area contributed by atoms with Crippen LogP contribution >= 0.6 is 11.3 Å². The molecule has 0 unspecified atom stereocenters. The molecule has 1 atom stereocenters. The maximum Gasteiger partial charge on any atom is 0.269 e. The fourth-order valence-corrected chi connectivity index (χ4v) is 4.51. The Morgan fingerprint density at radius 2 is 2.33 bits per heavy atom. The number of carbonyl (C=O) groups is 1. The van der Waals surface area contributed by atoms with Crippen molar-refractivity contribution in [2.24, 2.45) is 0 Å². The van der Waals surface area contributed by atoms with Crippen LogP contribution in [0.1, 0.15) is 29.8 Å². The normalized spacial score (nSPS) is 17.5. The second-order valence-corrected chi connectivity index (χ2v) is 7.79. The first kappa shape index (κ1) is 18.0. The van der Waals surface area contributed by atoms with Gasteiger partial charge in [0.05, 0.1) is 12.8 Å². The first-order valence-electron chi connectivity index (χ1n) is 9.25. The van der Waals surface area contributed by atoms with E-state index in [0.29, 0.717) is 18.3 Å². The van der Waals surface area contributed by atoms with Crippen LogP contribution in [0.5, 0.6) is 5.75 Å². The molecule has 0 aliphatic carbocycles. The molecule has 1 saturated heterocycles. The Labute approximate surface area is 162 Å². The summed E-state index contributed by atoms with van der Waals surface area (Å²) < 4.78 is 7.16.